The SMILES string of the molecule is O=C(O)[C@@H]1CN(c2nc3ncccc3[nH]2)CCN1. The number of nitrogens with zero attached hydrogens (tertiary/aromatic N) is 3. The fourth-order valence-corrected chi connectivity index (χ4v) is 2.09. The lowest BCUT2D eigenvalue weighted by molar-refractivity contribution is -0.139. The van der Waals surface area contributed by atoms with Gasteiger partial charge < -0.3 is 20.3 Å². The summed E-state index contributed by atoms with van der Waals surface area (Å²) in [5, 5.41) is 12.0. The third-order valence-electron chi connectivity index (χ3n) is 3.02. The molecule has 1 aliphatic rings. The van der Waals surface area contributed by atoms with Crippen LogP contribution in [0.25, 0.3) is 11.2 Å². The van der Waals surface area contributed by atoms with E-state index in [0.717, 1.165) is 12.1 Å². The first-order valence-corrected chi connectivity index (χ1v) is 5.76. The van der Waals surface area contributed by atoms with Gasteiger partial charge in [-0.15, -0.1) is 0 Å². The van der Waals surface area contributed by atoms with Gasteiger partial charge in [-0.3, -0.25) is 4.79 Å². The summed E-state index contributed by atoms with van der Waals surface area (Å²) in [6.07, 6.45) is 1.69. The zero-order chi connectivity index (χ0) is 12.5. The van der Waals surface area contributed by atoms with Crippen LogP contribution in [0.3, 0.4) is 0 Å². The highest BCUT2D eigenvalue weighted by Gasteiger charge is 2.26. The van der Waals surface area contributed by atoms with Crippen molar-refractivity contribution in [3.8, 4) is 0 Å². The summed E-state index contributed by atoms with van der Waals surface area (Å²) in [6.45, 7) is 1.75. The highest BCUT2D eigenvalue weighted by Crippen LogP contribution is 2.16. The van der Waals surface area contributed by atoms with Crippen LogP contribution >= 0.6 is 0 Å². The molecule has 0 bridgehead atoms. The number of hydrogen-bond donors (Lipinski definition) is 3. The number of piperazine rings is 1. The van der Waals surface area contributed by atoms with E-state index >= 15 is 0 Å². The Morgan fingerprint density at radius 1 is 1.56 bits per heavy atom. The van der Waals surface area contributed by atoms with Crippen LogP contribution in [0.2, 0.25) is 0 Å². The van der Waals surface area contributed by atoms with Crippen molar-refractivity contribution >= 4 is 23.1 Å². The summed E-state index contributed by atoms with van der Waals surface area (Å²) in [7, 11) is 0. The van der Waals surface area contributed by atoms with E-state index in [9.17, 15) is 4.79 Å². The van der Waals surface area contributed by atoms with E-state index < -0.39 is 12.0 Å². The first-order chi connectivity index (χ1) is 8.74. The Balaban J connectivity index is 1.87. The predicted molar refractivity (Wildman–Crippen MR) is 65.5 cm³/mol. The molecule has 0 saturated carbocycles. The number of carboxylic acids is 1. The Morgan fingerprint density at radius 2 is 2.44 bits per heavy atom. The first kappa shape index (κ1) is 11.0. The van der Waals surface area contributed by atoms with E-state index in [1.54, 1.807) is 6.20 Å². The molecule has 0 radical (unpaired) electrons. The van der Waals surface area contributed by atoms with Crippen LogP contribution < -0.4 is 10.2 Å². The number of aromatic amines is 1. The topological polar surface area (TPSA) is 94.1 Å². The summed E-state index contributed by atoms with van der Waals surface area (Å²) < 4.78 is 0. The van der Waals surface area contributed by atoms with Gasteiger partial charge in [0.1, 0.15) is 6.04 Å². The number of carboxylic acid groups (broad SMARTS) is 1. The predicted octanol–water partition coefficient (Wildman–Crippen LogP) is -0.179. The van der Waals surface area contributed by atoms with Crippen LogP contribution in [0.5, 0.6) is 0 Å². The maximum absolute atomic E-state index is 11.0. The van der Waals surface area contributed by atoms with Crippen LogP contribution in [0.4, 0.5) is 5.95 Å². The van der Waals surface area contributed by atoms with Crippen molar-refractivity contribution in [2.24, 2.45) is 0 Å². The molecule has 1 fully saturated rings. The molecule has 2 aromatic heterocycles. The van der Waals surface area contributed by atoms with Crippen molar-refractivity contribution in [3.05, 3.63) is 18.3 Å². The molecule has 7 heteroatoms. The van der Waals surface area contributed by atoms with Gasteiger partial charge in [-0.05, 0) is 12.1 Å². The molecule has 18 heavy (non-hydrogen) atoms. The number of carbonyl (C=O) groups is 1. The van der Waals surface area contributed by atoms with Gasteiger partial charge in [-0.25, -0.2) is 4.98 Å². The average Bonchev–Trinajstić information content (AvgIpc) is 2.82. The Bertz CT molecular complexity index is 549. The third kappa shape index (κ3) is 1.88. The molecule has 1 aliphatic heterocycles. The van der Waals surface area contributed by atoms with E-state index in [-0.39, 0.29) is 0 Å². The van der Waals surface area contributed by atoms with Crippen molar-refractivity contribution in [3.63, 3.8) is 0 Å². The van der Waals surface area contributed by atoms with Crippen LogP contribution in [-0.2, 0) is 4.79 Å². The monoisotopic (exact) mass is 247 g/mol. The Kier molecular flexibility index (Phi) is 2.60. The van der Waals surface area contributed by atoms with Crippen molar-refractivity contribution in [2.75, 3.05) is 24.5 Å². The van der Waals surface area contributed by atoms with Crippen molar-refractivity contribution in [1.29, 1.82) is 0 Å². The minimum atomic E-state index is -0.839. The number of imidazole rings is 1. The number of H-pyrrole nitrogens is 1. The van der Waals surface area contributed by atoms with E-state index in [0.29, 0.717) is 24.7 Å². The van der Waals surface area contributed by atoms with Gasteiger partial charge in [-0.2, -0.15) is 4.98 Å². The van der Waals surface area contributed by atoms with Crippen molar-refractivity contribution < 1.29 is 9.90 Å². The maximum atomic E-state index is 11.0. The minimum absolute atomic E-state index is 0.398. The Hall–Kier alpha value is -2.15. The number of rotatable bonds is 2. The summed E-state index contributed by atoms with van der Waals surface area (Å²) in [4.78, 5) is 24.6. The van der Waals surface area contributed by atoms with Gasteiger partial charge in [0.15, 0.2) is 5.65 Å². The van der Waals surface area contributed by atoms with E-state index in [1.807, 2.05) is 17.0 Å². The van der Waals surface area contributed by atoms with Gasteiger partial charge >= 0.3 is 5.97 Å². The van der Waals surface area contributed by atoms with Gasteiger partial charge in [0, 0.05) is 25.8 Å². The number of fused-ring (bicyclic) bond motifs is 1. The second kappa shape index (κ2) is 4.26. The van der Waals surface area contributed by atoms with Gasteiger partial charge in [0.05, 0.1) is 5.52 Å². The molecular weight excluding hydrogens is 234 g/mol. The third-order valence-corrected chi connectivity index (χ3v) is 3.02. The smallest absolute Gasteiger partial charge is 0.322 e. The average molecular weight is 247 g/mol. The largest absolute Gasteiger partial charge is 0.480 e. The first-order valence-electron chi connectivity index (χ1n) is 5.76. The second-order valence-electron chi connectivity index (χ2n) is 4.23. The molecule has 0 spiro atoms. The van der Waals surface area contributed by atoms with Crippen molar-refractivity contribution in [1.82, 2.24) is 20.3 Å². The highest BCUT2D eigenvalue weighted by atomic mass is 16.4. The van der Waals surface area contributed by atoms with Gasteiger partial charge in [0.25, 0.3) is 0 Å². The molecule has 1 saturated heterocycles. The number of hydrogen-bond acceptors (Lipinski definition) is 5. The zero-order valence-corrected chi connectivity index (χ0v) is 9.63. The lowest BCUT2D eigenvalue weighted by Gasteiger charge is -2.31. The molecule has 94 valence electrons. The lowest BCUT2D eigenvalue weighted by atomic mass is 10.2. The van der Waals surface area contributed by atoms with Crippen LogP contribution in [-0.4, -0.2) is 51.7 Å². The molecule has 0 aliphatic carbocycles. The van der Waals surface area contributed by atoms with Crippen LogP contribution in [0, 0.1) is 0 Å². The second-order valence-corrected chi connectivity index (χ2v) is 4.23. The molecule has 1 atom stereocenters. The number of aliphatic carboxylic acids is 1. The molecule has 0 amide bonds. The van der Waals surface area contributed by atoms with Crippen LogP contribution in [0.15, 0.2) is 18.3 Å². The standard InChI is InChI=1S/C11H13N5O2/c17-10(18)8-6-16(5-4-12-8)11-14-7-2-1-3-13-9(7)15-11/h1-3,8,12H,4-6H2,(H,17,18)(H,13,14,15)/t8-/m0/s1. The molecule has 3 heterocycles. The normalized spacial score (nSPS) is 20.2. The molecule has 0 aromatic carbocycles. The fourth-order valence-electron chi connectivity index (χ4n) is 2.09. The molecular formula is C11H13N5O2. The molecule has 7 nitrogen and oxygen atoms in total. The molecule has 3 rings (SSSR count). The fraction of sp³-hybridized carbons (Fsp3) is 0.364. The Morgan fingerprint density at radius 3 is 3.22 bits per heavy atom. The minimum Gasteiger partial charge on any atom is -0.480 e. The number of aromatic nitrogens is 3. The number of anilines is 1. The molecule has 2 aromatic rings. The summed E-state index contributed by atoms with van der Waals surface area (Å²) in [6, 6.07) is 3.18. The quantitative estimate of drug-likeness (QED) is 0.681. The summed E-state index contributed by atoms with van der Waals surface area (Å²) in [5.74, 6) is -0.162. The van der Waals surface area contributed by atoms with E-state index in [1.165, 1.54) is 0 Å². The summed E-state index contributed by atoms with van der Waals surface area (Å²) in [5.41, 5.74) is 1.51. The molecule has 0 unspecified atom stereocenters. The zero-order valence-electron chi connectivity index (χ0n) is 9.63. The summed E-state index contributed by atoms with van der Waals surface area (Å²) >= 11 is 0. The van der Waals surface area contributed by atoms with Gasteiger partial charge in [0.2, 0.25) is 5.95 Å². The number of nitrogens with one attached hydrogen (secondary N) is 2. The lowest BCUT2D eigenvalue weighted by Crippen LogP contribution is -2.54. The molecule has 3 N–H and O–H groups in total. The van der Waals surface area contributed by atoms with E-state index in [4.69, 9.17) is 5.11 Å². The van der Waals surface area contributed by atoms with Gasteiger partial charge in [-0.1, -0.05) is 0 Å². The Labute approximate surface area is 103 Å². The highest BCUT2D eigenvalue weighted by molar-refractivity contribution is 5.76. The van der Waals surface area contributed by atoms with Crippen molar-refractivity contribution in [2.45, 2.75) is 6.04 Å². The van der Waals surface area contributed by atoms with E-state index in [2.05, 4.69) is 20.3 Å². The number of pyridine rings is 1. The van der Waals surface area contributed by atoms with Crippen LogP contribution in [0.1, 0.15) is 0 Å². The maximum Gasteiger partial charge on any atom is 0.322 e.